The van der Waals surface area contributed by atoms with Crippen molar-refractivity contribution in [3.05, 3.63) is 24.3 Å². The molecule has 1 aromatic rings. The molecular weight excluding hydrogens is 208 g/mol. The zero-order chi connectivity index (χ0) is 11.3. The van der Waals surface area contributed by atoms with Gasteiger partial charge in [-0.25, -0.2) is 0 Å². The molecule has 0 saturated heterocycles. The van der Waals surface area contributed by atoms with Gasteiger partial charge in [-0.3, -0.25) is 0 Å². The van der Waals surface area contributed by atoms with Crippen LogP contribution in [0.25, 0.3) is 0 Å². The van der Waals surface area contributed by atoms with E-state index < -0.39 is 13.3 Å². The Morgan fingerprint density at radius 3 is 2.07 bits per heavy atom. The molecule has 2 nitrogen and oxygen atoms in total. The minimum Gasteiger partial charge on any atom is -0.497 e. The van der Waals surface area contributed by atoms with E-state index >= 15 is 0 Å². The molecule has 0 fully saturated rings. The number of halogens is 3. The molecule has 0 unspecified atom stereocenters. The Morgan fingerprint density at radius 1 is 1.07 bits per heavy atom. The third-order valence-electron chi connectivity index (χ3n) is 1.77. The van der Waals surface area contributed by atoms with Gasteiger partial charge in [0.1, 0.15) is 11.5 Å². The van der Waals surface area contributed by atoms with Crippen LogP contribution in [0.3, 0.4) is 0 Å². The maximum Gasteiger partial charge on any atom is 0.481 e. The van der Waals surface area contributed by atoms with E-state index in [1.807, 2.05) is 0 Å². The van der Waals surface area contributed by atoms with E-state index in [1.54, 1.807) is 24.3 Å². The molecule has 15 heavy (non-hydrogen) atoms. The van der Waals surface area contributed by atoms with Crippen molar-refractivity contribution in [2.45, 2.75) is 6.32 Å². The summed E-state index contributed by atoms with van der Waals surface area (Å²) in [4.78, 5) is 0. The molecule has 0 N–H and O–H groups in total. The van der Waals surface area contributed by atoms with Gasteiger partial charge in [0, 0.05) is 0 Å². The lowest BCUT2D eigenvalue weighted by Crippen LogP contribution is -2.18. The number of ether oxygens (including phenoxy) is 2. The van der Waals surface area contributed by atoms with E-state index in [4.69, 9.17) is 9.47 Å². The summed E-state index contributed by atoms with van der Waals surface area (Å²) in [6.07, 6.45) is -0.883. The third kappa shape index (κ3) is 4.62. The lowest BCUT2D eigenvalue weighted by atomic mass is 9.87. The molecule has 0 aliphatic rings. The van der Waals surface area contributed by atoms with Crippen LogP contribution in [-0.4, -0.2) is 20.7 Å². The highest BCUT2D eigenvalue weighted by Crippen LogP contribution is 2.19. The fourth-order valence-corrected chi connectivity index (χ4v) is 0.982. The minimum atomic E-state index is -4.76. The Bertz CT molecular complexity index is 297. The summed E-state index contributed by atoms with van der Waals surface area (Å²) in [5.74, 6) is 1.05. The highest BCUT2D eigenvalue weighted by atomic mass is 19.4. The van der Waals surface area contributed by atoms with Crippen molar-refractivity contribution >= 4 is 6.98 Å². The molecule has 0 spiro atoms. The zero-order valence-electron chi connectivity index (χ0n) is 8.25. The Labute approximate surface area is 86.1 Å². The van der Waals surface area contributed by atoms with E-state index in [-0.39, 0.29) is 6.61 Å². The van der Waals surface area contributed by atoms with Crippen LogP contribution in [0.4, 0.5) is 12.9 Å². The quantitative estimate of drug-likeness (QED) is 0.708. The molecule has 0 aliphatic heterocycles. The Kier molecular flexibility index (Phi) is 3.88. The van der Waals surface area contributed by atoms with Crippen molar-refractivity contribution in [3.63, 3.8) is 0 Å². The molecule has 6 heteroatoms. The van der Waals surface area contributed by atoms with Crippen LogP contribution >= 0.6 is 0 Å². The van der Waals surface area contributed by atoms with E-state index in [0.29, 0.717) is 11.5 Å². The molecule has 0 aromatic heterocycles. The Balaban J connectivity index is 2.38. The first-order chi connectivity index (χ1) is 7.01. The van der Waals surface area contributed by atoms with Crippen LogP contribution in [0.15, 0.2) is 24.3 Å². The van der Waals surface area contributed by atoms with E-state index in [1.165, 1.54) is 7.11 Å². The highest BCUT2D eigenvalue weighted by molar-refractivity contribution is 6.58. The highest BCUT2D eigenvalue weighted by Gasteiger charge is 2.22. The van der Waals surface area contributed by atoms with Gasteiger partial charge in [-0.15, -0.1) is 0 Å². The maximum absolute atomic E-state index is 11.8. The summed E-state index contributed by atoms with van der Waals surface area (Å²) >= 11 is 0. The zero-order valence-corrected chi connectivity index (χ0v) is 8.25. The second-order valence-electron chi connectivity index (χ2n) is 3.02. The largest absolute Gasteiger partial charge is 0.497 e. The van der Waals surface area contributed by atoms with Crippen molar-refractivity contribution in [2.24, 2.45) is 0 Å². The average molecular weight is 219 g/mol. The third-order valence-corrected chi connectivity index (χ3v) is 1.77. The number of methoxy groups -OCH3 is 1. The number of hydrogen-bond donors (Lipinski definition) is 0. The van der Waals surface area contributed by atoms with Crippen molar-refractivity contribution in [2.75, 3.05) is 13.7 Å². The Hall–Kier alpha value is -1.33. The number of hydrogen-bond acceptors (Lipinski definition) is 2. The van der Waals surface area contributed by atoms with Crippen molar-refractivity contribution < 1.29 is 22.4 Å². The van der Waals surface area contributed by atoms with Gasteiger partial charge in [0.25, 0.3) is 0 Å². The van der Waals surface area contributed by atoms with Gasteiger partial charge in [-0.05, 0) is 24.3 Å². The lowest BCUT2D eigenvalue weighted by molar-refractivity contribution is 0.319. The number of benzene rings is 1. The molecule has 0 heterocycles. The molecule has 0 radical (unpaired) electrons. The summed E-state index contributed by atoms with van der Waals surface area (Å²) in [6.45, 7) is -5.10. The average Bonchev–Trinajstić information content (AvgIpc) is 2.17. The molecule has 1 aromatic carbocycles. The van der Waals surface area contributed by atoms with Crippen molar-refractivity contribution in [1.29, 1.82) is 0 Å². The van der Waals surface area contributed by atoms with Crippen molar-refractivity contribution in [1.82, 2.24) is 0 Å². The molecule has 0 atom stereocenters. The monoisotopic (exact) mass is 219 g/mol. The van der Waals surface area contributed by atoms with Crippen LogP contribution in [0, 0.1) is 0 Å². The molecule has 0 saturated carbocycles. The molecular formula is C9H11BF3O2-. The van der Waals surface area contributed by atoms with Gasteiger partial charge in [-0.2, -0.15) is 0 Å². The molecule has 0 bridgehead atoms. The van der Waals surface area contributed by atoms with Gasteiger partial charge in [-0.1, -0.05) is 6.32 Å². The van der Waals surface area contributed by atoms with Gasteiger partial charge in [0.2, 0.25) is 0 Å². The molecule has 84 valence electrons. The maximum atomic E-state index is 11.8. The first-order valence-corrected chi connectivity index (χ1v) is 4.49. The number of rotatable bonds is 5. The molecule has 0 amide bonds. The van der Waals surface area contributed by atoms with Gasteiger partial charge >= 0.3 is 6.98 Å². The standard InChI is InChI=1S/C9H11BF3O2/c1-14-8-2-4-9(5-3-8)15-7-6-10(11,12)13/h2-5H,6-7H2,1H3/q-1. The topological polar surface area (TPSA) is 18.5 Å². The first-order valence-electron chi connectivity index (χ1n) is 4.49. The smallest absolute Gasteiger partial charge is 0.481 e. The fourth-order valence-electron chi connectivity index (χ4n) is 0.982. The first kappa shape index (κ1) is 11.7. The summed E-state index contributed by atoms with van der Waals surface area (Å²) < 4.78 is 45.3. The van der Waals surface area contributed by atoms with Crippen molar-refractivity contribution in [3.8, 4) is 11.5 Å². The van der Waals surface area contributed by atoms with E-state index in [9.17, 15) is 12.9 Å². The summed E-state index contributed by atoms with van der Waals surface area (Å²) in [5.41, 5.74) is 0. The second kappa shape index (κ2) is 4.95. The molecule has 1 rings (SSSR count). The van der Waals surface area contributed by atoms with E-state index in [2.05, 4.69) is 0 Å². The Morgan fingerprint density at radius 2 is 1.60 bits per heavy atom. The fraction of sp³-hybridized carbons (Fsp3) is 0.333. The minimum absolute atomic E-state index is 0.337. The van der Waals surface area contributed by atoms with Crippen LogP contribution in [0.1, 0.15) is 0 Å². The van der Waals surface area contributed by atoms with Gasteiger partial charge in [0.15, 0.2) is 0 Å². The predicted molar refractivity (Wildman–Crippen MR) is 52.4 cm³/mol. The SMILES string of the molecule is COc1ccc(OCC[B-](F)(F)F)cc1. The lowest BCUT2D eigenvalue weighted by Gasteiger charge is -2.13. The van der Waals surface area contributed by atoms with Gasteiger partial charge < -0.3 is 22.4 Å². The van der Waals surface area contributed by atoms with E-state index in [0.717, 1.165) is 0 Å². The summed E-state index contributed by atoms with van der Waals surface area (Å²) in [6, 6.07) is 6.41. The van der Waals surface area contributed by atoms with Crippen LogP contribution in [0.2, 0.25) is 6.32 Å². The van der Waals surface area contributed by atoms with Crippen LogP contribution < -0.4 is 9.47 Å². The van der Waals surface area contributed by atoms with Crippen LogP contribution in [0.5, 0.6) is 11.5 Å². The van der Waals surface area contributed by atoms with Gasteiger partial charge in [0.05, 0.1) is 13.7 Å². The molecule has 0 aliphatic carbocycles. The predicted octanol–water partition coefficient (Wildman–Crippen LogP) is 2.92. The van der Waals surface area contributed by atoms with Crippen LogP contribution in [-0.2, 0) is 0 Å². The second-order valence-corrected chi connectivity index (χ2v) is 3.02. The normalized spacial score (nSPS) is 11.2. The summed E-state index contributed by atoms with van der Waals surface area (Å²) in [5, 5.41) is 0. The summed E-state index contributed by atoms with van der Waals surface area (Å²) in [7, 11) is 1.52.